The molecule has 2 saturated heterocycles. The summed E-state index contributed by atoms with van der Waals surface area (Å²) >= 11 is 0. The fourth-order valence-corrected chi connectivity index (χ4v) is 3.28. The molecule has 2 unspecified atom stereocenters. The summed E-state index contributed by atoms with van der Waals surface area (Å²) in [6, 6.07) is 5.23. The Morgan fingerprint density at radius 3 is 2.71 bits per heavy atom. The zero-order chi connectivity index (χ0) is 16.9. The van der Waals surface area contributed by atoms with E-state index in [1.165, 1.54) is 24.3 Å². The fourth-order valence-electron chi connectivity index (χ4n) is 3.28. The lowest BCUT2D eigenvalue weighted by molar-refractivity contribution is -0.135. The number of urea groups is 1. The second-order valence-electron chi connectivity index (χ2n) is 6.42. The lowest BCUT2D eigenvalue weighted by Gasteiger charge is -2.26. The first-order valence-electron chi connectivity index (χ1n) is 8.44. The minimum Gasteiger partial charge on any atom is -0.340 e. The Balaban J connectivity index is 1.46. The molecule has 24 heavy (non-hydrogen) atoms. The summed E-state index contributed by atoms with van der Waals surface area (Å²) in [5, 5.41) is 8.81. The van der Waals surface area contributed by atoms with Gasteiger partial charge in [0.2, 0.25) is 5.91 Å². The largest absolute Gasteiger partial charge is 0.340 e. The van der Waals surface area contributed by atoms with E-state index in [9.17, 15) is 14.0 Å². The minimum atomic E-state index is -0.344. The van der Waals surface area contributed by atoms with Crippen molar-refractivity contribution in [2.24, 2.45) is 5.92 Å². The lowest BCUT2D eigenvalue weighted by Crippen LogP contribution is -2.44. The van der Waals surface area contributed by atoms with Crippen LogP contribution in [0.3, 0.4) is 0 Å². The predicted molar refractivity (Wildman–Crippen MR) is 89.1 cm³/mol. The monoisotopic (exact) mass is 334 g/mol. The molecule has 1 aromatic carbocycles. The number of likely N-dealkylation sites (tertiary alicyclic amines) is 1. The third kappa shape index (κ3) is 4.23. The van der Waals surface area contributed by atoms with Gasteiger partial charge in [-0.15, -0.1) is 0 Å². The standard InChI is InChI=1S/C17H23FN4O2/c18-13-3-5-14(6-4-13)20-17(24)21-15-7-9-22(11-15)16(23)12-2-1-8-19-10-12/h3-6,12,15,19H,1-2,7-11H2,(H2,20,21,24). The van der Waals surface area contributed by atoms with Gasteiger partial charge in [0, 0.05) is 31.4 Å². The molecule has 1 aromatic rings. The number of anilines is 1. The highest BCUT2D eigenvalue weighted by Gasteiger charge is 2.32. The molecule has 0 bridgehead atoms. The molecule has 2 heterocycles. The van der Waals surface area contributed by atoms with Gasteiger partial charge in [0.25, 0.3) is 0 Å². The van der Waals surface area contributed by atoms with Crippen molar-refractivity contribution in [1.29, 1.82) is 0 Å². The van der Waals surface area contributed by atoms with Crippen LogP contribution in [-0.4, -0.2) is 49.1 Å². The van der Waals surface area contributed by atoms with E-state index >= 15 is 0 Å². The number of carbonyl (C=O) groups is 2. The second kappa shape index (κ2) is 7.61. The van der Waals surface area contributed by atoms with Crippen molar-refractivity contribution >= 4 is 17.6 Å². The van der Waals surface area contributed by atoms with Gasteiger partial charge in [0.1, 0.15) is 5.82 Å². The molecule has 0 radical (unpaired) electrons. The van der Waals surface area contributed by atoms with Crippen LogP contribution in [0.1, 0.15) is 19.3 Å². The Morgan fingerprint density at radius 2 is 2.00 bits per heavy atom. The summed E-state index contributed by atoms with van der Waals surface area (Å²) in [5.41, 5.74) is 0.535. The molecule has 6 nitrogen and oxygen atoms in total. The number of piperidine rings is 1. The van der Waals surface area contributed by atoms with E-state index < -0.39 is 0 Å². The summed E-state index contributed by atoms with van der Waals surface area (Å²) in [6.07, 6.45) is 2.72. The Labute approximate surface area is 140 Å². The van der Waals surface area contributed by atoms with Crippen molar-refractivity contribution in [3.63, 3.8) is 0 Å². The van der Waals surface area contributed by atoms with Crippen molar-refractivity contribution in [1.82, 2.24) is 15.5 Å². The van der Waals surface area contributed by atoms with Crippen LogP contribution >= 0.6 is 0 Å². The van der Waals surface area contributed by atoms with Gasteiger partial charge in [-0.1, -0.05) is 0 Å². The Morgan fingerprint density at radius 1 is 1.21 bits per heavy atom. The predicted octanol–water partition coefficient (Wildman–Crippen LogP) is 1.55. The SMILES string of the molecule is O=C(Nc1ccc(F)cc1)NC1CCN(C(=O)C2CCCNC2)C1. The van der Waals surface area contributed by atoms with Gasteiger partial charge in [-0.2, -0.15) is 0 Å². The van der Waals surface area contributed by atoms with Crippen LogP contribution in [0.15, 0.2) is 24.3 Å². The first-order valence-corrected chi connectivity index (χ1v) is 8.44. The van der Waals surface area contributed by atoms with Crippen LogP contribution in [0.5, 0.6) is 0 Å². The van der Waals surface area contributed by atoms with Crippen LogP contribution in [0.25, 0.3) is 0 Å². The molecule has 2 aliphatic rings. The van der Waals surface area contributed by atoms with Crippen LogP contribution < -0.4 is 16.0 Å². The Kier molecular flexibility index (Phi) is 5.30. The molecule has 0 aromatic heterocycles. The van der Waals surface area contributed by atoms with Gasteiger partial charge in [0.05, 0.1) is 5.92 Å². The number of halogens is 1. The van der Waals surface area contributed by atoms with Crippen LogP contribution in [0.4, 0.5) is 14.9 Å². The second-order valence-corrected chi connectivity index (χ2v) is 6.42. The van der Waals surface area contributed by atoms with E-state index in [4.69, 9.17) is 0 Å². The van der Waals surface area contributed by atoms with Gasteiger partial charge < -0.3 is 20.9 Å². The first kappa shape index (κ1) is 16.7. The van der Waals surface area contributed by atoms with E-state index in [0.29, 0.717) is 18.8 Å². The molecule has 2 atom stereocenters. The summed E-state index contributed by atoms with van der Waals surface area (Å²) < 4.78 is 12.9. The van der Waals surface area contributed by atoms with E-state index in [1.54, 1.807) is 0 Å². The minimum absolute atomic E-state index is 0.0500. The molecule has 0 aliphatic carbocycles. The number of carbonyl (C=O) groups excluding carboxylic acids is 2. The zero-order valence-corrected chi connectivity index (χ0v) is 13.6. The van der Waals surface area contributed by atoms with E-state index in [2.05, 4.69) is 16.0 Å². The zero-order valence-electron chi connectivity index (χ0n) is 13.6. The van der Waals surface area contributed by atoms with Crippen LogP contribution in [0.2, 0.25) is 0 Å². The summed E-state index contributed by atoms with van der Waals surface area (Å²) in [7, 11) is 0. The third-order valence-electron chi connectivity index (χ3n) is 4.58. The van der Waals surface area contributed by atoms with Crippen LogP contribution in [0, 0.1) is 11.7 Å². The van der Waals surface area contributed by atoms with E-state index in [-0.39, 0.29) is 29.7 Å². The molecular formula is C17H23FN4O2. The fraction of sp³-hybridized carbons (Fsp3) is 0.529. The molecule has 2 fully saturated rings. The number of amides is 3. The average Bonchev–Trinajstić information content (AvgIpc) is 3.05. The number of rotatable bonds is 3. The van der Waals surface area contributed by atoms with Gasteiger partial charge in [-0.05, 0) is 50.1 Å². The first-order chi connectivity index (χ1) is 11.6. The summed E-state index contributed by atoms with van der Waals surface area (Å²) in [5.74, 6) is -0.0981. The molecule has 3 amide bonds. The summed E-state index contributed by atoms with van der Waals surface area (Å²) in [4.78, 5) is 26.3. The topological polar surface area (TPSA) is 73.5 Å². The highest BCUT2D eigenvalue weighted by atomic mass is 19.1. The lowest BCUT2D eigenvalue weighted by atomic mass is 9.98. The number of benzene rings is 1. The highest BCUT2D eigenvalue weighted by molar-refractivity contribution is 5.89. The van der Waals surface area contributed by atoms with Crippen molar-refractivity contribution in [2.45, 2.75) is 25.3 Å². The average molecular weight is 334 g/mol. The van der Waals surface area contributed by atoms with Gasteiger partial charge >= 0.3 is 6.03 Å². The van der Waals surface area contributed by atoms with Gasteiger partial charge in [-0.25, -0.2) is 9.18 Å². The molecule has 0 spiro atoms. The molecule has 2 aliphatic heterocycles. The Hall–Kier alpha value is -2.15. The maximum atomic E-state index is 12.9. The number of hydrogen-bond donors (Lipinski definition) is 3. The van der Waals surface area contributed by atoms with Crippen LogP contribution in [-0.2, 0) is 4.79 Å². The Bertz CT molecular complexity index is 587. The van der Waals surface area contributed by atoms with E-state index in [1.807, 2.05) is 4.90 Å². The smallest absolute Gasteiger partial charge is 0.319 e. The van der Waals surface area contributed by atoms with Crippen molar-refractivity contribution in [2.75, 3.05) is 31.5 Å². The van der Waals surface area contributed by atoms with Crippen molar-refractivity contribution < 1.29 is 14.0 Å². The summed E-state index contributed by atoms with van der Waals surface area (Å²) in [6.45, 7) is 2.96. The molecule has 3 N–H and O–H groups in total. The molecule has 7 heteroatoms. The molecule has 130 valence electrons. The maximum absolute atomic E-state index is 12.9. The molecule has 3 rings (SSSR count). The van der Waals surface area contributed by atoms with Crippen molar-refractivity contribution in [3.05, 3.63) is 30.1 Å². The number of nitrogens with zero attached hydrogens (tertiary/aromatic N) is 1. The highest BCUT2D eigenvalue weighted by Crippen LogP contribution is 2.18. The third-order valence-corrected chi connectivity index (χ3v) is 4.58. The maximum Gasteiger partial charge on any atom is 0.319 e. The van der Waals surface area contributed by atoms with Gasteiger partial charge in [0.15, 0.2) is 0 Å². The van der Waals surface area contributed by atoms with E-state index in [0.717, 1.165) is 32.4 Å². The number of hydrogen-bond acceptors (Lipinski definition) is 3. The quantitative estimate of drug-likeness (QED) is 0.785. The van der Waals surface area contributed by atoms with Gasteiger partial charge in [-0.3, -0.25) is 4.79 Å². The molecule has 0 saturated carbocycles. The molecular weight excluding hydrogens is 311 g/mol. The van der Waals surface area contributed by atoms with Crippen molar-refractivity contribution in [3.8, 4) is 0 Å². The normalized spacial score (nSPS) is 23.8. The number of nitrogens with one attached hydrogen (secondary N) is 3.